The fourth-order valence-electron chi connectivity index (χ4n) is 2.29. The van der Waals surface area contributed by atoms with E-state index < -0.39 is 0 Å². The standard InChI is InChI=1S/C18H18Cl2N4O2S/c1-2-24(8-6-15(25)23-18-12(10-21)7-9-27-18)11-16(26)22-17-13(19)4-3-5-14(17)20/h3-5,7,9H,2,6,8,11H2,1H3,(H,22,26)(H,23,25). The van der Waals surface area contributed by atoms with E-state index in [0.717, 1.165) is 0 Å². The van der Waals surface area contributed by atoms with E-state index in [1.54, 1.807) is 29.6 Å². The van der Waals surface area contributed by atoms with Crippen molar-refractivity contribution in [3.8, 4) is 6.07 Å². The highest BCUT2D eigenvalue weighted by Crippen LogP contribution is 2.29. The number of carbonyl (C=O) groups excluding carboxylic acids is 2. The molecule has 2 amide bonds. The fourth-order valence-corrected chi connectivity index (χ4v) is 3.54. The van der Waals surface area contributed by atoms with Crippen molar-refractivity contribution >= 4 is 57.0 Å². The molecule has 0 aliphatic heterocycles. The molecular weight excluding hydrogens is 407 g/mol. The highest BCUT2D eigenvalue weighted by atomic mass is 35.5. The number of halogens is 2. The van der Waals surface area contributed by atoms with Crippen molar-refractivity contribution in [3.63, 3.8) is 0 Å². The molecule has 0 unspecified atom stereocenters. The molecule has 2 rings (SSSR count). The molecule has 0 aliphatic carbocycles. The molecule has 142 valence electrons. The van der Waals surface area contributed by atoms with Gasteiger partial charge in [-0.25, -0.2) is 0 Å². The third kappa shape index (κ3) is 6.22. The number of amides is 2. The third-order valence-electron chi connectivity index (χ3n) is 3.74. The number of hydrogen-bond donors (Lipinski definition) is 2. The molecule has 1 aromatic heterocycles. The van der Waals surface area contributed by atoms with Gasteiger partial charge in [0.05, 0.1) is 27.8 Å². The summed E-state index contributed by atoms with van der Waals surface area (Å²) in [5.41, 5.74) is 0.818. The summed E-state index contributed by atoms with van der Waals surface area (Å²) in [6.07, 6.45) is 0.205. The Labute approximate surface area is 171 Å². The zero-order valence-corrected chi connectivity index (χ0v) is 16.9. The van der Waals surface area contributed by atoms with Crippen LogP contribution in [0.5, 0.6) is 0 Å². The van der Waals surface area contributed by atoms with Gasteiger partial charge in [-0.3, -0.25) is 14.5 Å². The van der Waals surface area contributed by atoms with Crippen molar-refractivity contribution in [2.45, 2.75) is 13.3 Å². The van der Waals surface area contributed by atoms with Crippen LogP contribution in [-0.4, -0.2) is 36.3 Å². The summed E-state index contributed by atoms with van der Waals surface area (Å²) in [5.74, 6) is -0.473. The van der Waals surface area contributed by atoms with Crippen LogP contribution in [0.3, 0.4) is 0 Å². The summed E-state index contributed by atoms with van der Waals surface area (Å²) >= 11 is 13.4. The zero-order chi connectivity index (χ0) is 19.8. The number of nitrogens with one attached hydrogen (secondary N) is 2. The monoisotopic (exact) mass is 424 g/mol. The Kier molecular flexibility index (Phi) is 8.07. The average molecular weight is 425 g/mol. The van der Waals surface area contributed by atoms with Crippen LogP contribution in [0.4, 0.5) is 10.7 Å². The summed E-state index contributed by atoms with van der Waals surface area (Å²) in [5, 5.41) is 17.4. The topological polar surface area (TPSA) is 85.2 Å². The molecule has 0 spiro atoms. The minimum atomic E-state index is -0.266. The Morgan fingerprint density at radius 2 is 1.89 bits per heavy atom. The zero-order valence-electron chi connectivity index (χ0n) is 14.6. The maximum absolute atomic E-state index is 12.3. The van der Waals surface area contributed by atoms with Crippen molar-refractivity contribution in [1.82, 2.24) is 4.90 Å². The summed E-state index contributed by atoms with van der Waals surface area (Å²) in [4.78, 5) is 26.2. The molecule has 0 saturated heterocycles. The number of nitriles is 1. The van der Waals surface area contributed by atoms with Gasteiger partial charge in [-0.15, -0.1) is 11.3 Å². The van der Waals surface area contributed by atoms with Crippen LogP contribution in [0.25, 0.3) is 0 Å². The van der Waals surface area contributed by atoms with Gasteiger partial charge in [0.1, 0.15) is 11.1 Å². The Morgan fingerprint density at radius 1 is 1.19 bits per heavy atom. The molecule has 0 atom stereocenters. The maximum Gasteiger partial charge on any atom is 0.238 e. The van der Waals surface area contributed by atoms with E-state index in [1.807, 2.05) is 17.9 Å². The average Bonchev–Trinajstić information content (AvgIpc) is 3.08. The van der Waals surface area contributed by atoms with Crippen molar-refractivity contribution in [1.29, 1.82) is 5.26 Å². The van der Waals surface area contributed by atoms with Crippen LogP contribution >= 0.6 is 34.5 Å². The van der Waals surface area contributed by atoms with Crippen LogP contribution in [-0.2, 0) is 9.59 Å². The first-order chi connectivity index (χ1) is 12.9. The summed E-state index contributed by atoms with van der Waals surface area (Å²) in [6, 6.07) is 8.67. The van der Waals surface area contributed by atoms with Crippen molar-refractivity contribution in [2.24, 2.45) is 0 Å². The van der Waals surface area contributed by atoms with Crippen molar-refractivity contribution in [2.75, 3.05) is 30.3 Å². The molecule has 2 N–H and O–H groups in total. The second-order valence-electron chi connectivity index (χ2n) is 5.59. The van der Waals surface area contributed by atoms with Crippen LogP contribution in [0.1, 0.15) is 18.9 Å². The number of benzene rings is 1. The molecule has 0 bridgehead atoms. The van der Waals surface area contributed by atoms with Crippen molar-refractivity contribution in [3.05, 3.63) is 45.3 Å². The highest BCUT2D eigenvalue weighted by molar-refractivity contribution is 7.14. The van der Waals surface area contributed by atoms with Crippen LogP contribution in [0.15, 0.2) is 29.6 Å². The quantitative estimate of drug-likeness (QED) is 0.664. The normalized spacial score (nSPS) is 10.5. The summed E-state index contributed by atoms with van der Waals surface area (Å²) in [7, 11) is 0. The molecule has 9 heteroatoms. The molecule has 0 saturated carbocycles. The number of nitrogens with zero attached hydrogens (tertiary/aromatic N) is 2. The Morgan fingerprint density at radius 3 is 2.52 bits per heavy atom. The smallest absolute Gasteiger partial charge is 0.238 e. The lowest BCUT2D eigenvalue weighted by Gasteiger charge is -2.20. The second kappa shape index (κ2) is 10.3. The number of para-hydroxylation sites is 1. The predicted molar refractivity (Wildman–Crippen MR) is 109 cm³/mol. The molecule has 2 aromatic rings. The van der Waals surface area contributed by atoms with Gasteiger partial charge >= 0.3 is 0 Å². The van der Waals surface area contributed by atoms with E-state index in [1.165, 1.54) is 11.3 Å². The Hall–Kier alpha value is -2.11. The van der Waals surface area contributed by atoms with E-state index in [0.29, 0.717) is 39.4 Å². The Balaban J connectivity index is 1.85. The van der Waals surface area contributed by atoms with Gasteiger partial charge in [-0.05, 0) is 30.1 Å². The number of likely N-dealkylation sites (N-methyl/N-ethyl adjacent to an activating group) is 1. The molecule has 0 aliphatic rings. The molecule has 0 fully saturated rings. The molecule has 1 aromatic carbocycles. The maximum atomic E-state index is 12.3. The largest absolute Gasteiger partial charge is 0.322 e. The van der Waals surface area contributed by atoms with Gasteiger partial charge in [0.15, 0.2) is 0 Å². The number of anilines is 2. The van der Waals surface area contributed by atoms with Gasteiger partial charge in [0.2, 0.25) is 11.8 Å². The van der Waals surface area contributed by atoms with Crippen molar-refractivity contribution < 1.29 is 9.59 Å². The van der Waals surface area contributed by atoms with Gasteiger partial charge in [-0.1, -0.05) is 36.2 Å². The number of hydrogen-bond acceptors (Lipinski definition) is 5. The van der Waals surface area contributed by atoms with Crippen LogP contribution in [0, 0.1) is 11.3 Å². The minimum Gasteiger partial charge on any atom is -0.322 e. The first kappa shape index (κ1) is 21.2. The van der Waals surface area contributed by atoms with Gasteiger partial charge in [0, 0.05) is 13.0 Å². The van der Waals surface area contributed by atoms with Crippen LogP contribution < -0.4 is 10.6 Å². The minimum absolute atomic E-state index is 0.105. The number of carbonyl (C=O) groups is 2. The lowest BCUT2D eigenvalue weighted by Crippen LogP contribution is -2.35. The number of rotatable bonds is 8. The predicted octanol–water partition coefficient (Wildman–Crippen LogP) is 4.22. The van der Waals surface area contributed by atoms with Crippen LogP contribution in [0.2, 0.25) is 10.0 Å². The third-order valence-corrected chi connectivity index (χ3v) is 5.20. The lowest BCUT2D eigenvalue weighted by atomic mass is 10.3. The molecule has 0 radical (unpaired) electrons. The molecule has 6 nitrogen and oxygen atoms in total. The second-order valence-corrected chi connectivity index (χ2v) is 7.32. The highest BCUT2D eigenvalue weighted by Gasteiger charge is 2.15. The lowest BCUT2D eigenvalue weighted by molar-refractivity contribution is -0.119. The van der Waals surface area contributed by atoms with E-state index in [-0.39, 0.29) is 24.8 Å². The molecule has 1 heterocycles. The van der Waals surface area contributed by atoms with Gasteiger partial charge in [0.25, 0.3) is 0 Å². The van der Waals surface area contributed by atoms with E-state index in [2.05, 4.69) is 10.6 Å². The molecule has 27 heavy (non-hydrogen) atoms. The first-order valence-electron chi connectivity index (χ1n) is 8.18. The number of thiophene rings is 1. The first-order valence-corrected chi connectivity index (χ1v) is 9.81. The Bertz CT molecular complexity index is 843. The van der Waals surface area contributed by atoms with E-state index in [4.69, 9.17) is 28.5 Å². The van der Waals surface area contributed by atoms with Gasteiger partial charge in [-0.2, -0.15) is 5.26 Å². The molecular formula is C18H18Cl2N4O2S. The summed E-state index contributed by atoms with van der Waals surface area (Å²) in [6.45, 7) is 3.01. The van der Waals surface area contributed by atoms with Gasteiger partial charge < -0.3 is 10.6 Å². The van der Waals surface area contributed by atoms with E-state index >= 15 is 0 Å². The summed E-state index contributed by atoms with van der Waals surface area (Å²) < 4.78 is 0. The SMILES string of the molecule is CCN(CCC(=O)Nc1sccc1C#N)CC(=O)Nc1c(Cl)cccc1Cl. The van der Waals surface area contributed by atoms with E-state index in [9.17, 15) is 9.59 Å². The fraction of sp³-hybridized carbons (Fsp3) is 0.278.